The van der Waals surface area contributed by atoms with Gasteiger partial charge in [0.1, 0.15) is 5.01 Å². The Hall–Kier alpha value is -4.11. The lowest BCUT2D eigenvalue weighted by atomic mass is 10.1. The smallest absolute Gasteiger partial charge is 0.255 e. The third kappa shape index (κ3) is 4.94. The second kappa shape index (κ2) is 9.80. The molecule has 3 N–H and O–H groups in total. The van der Waals surface area contributed by atoms with Gasteiger partial charge in [-0.05, 0) is 61.0 Å². The van der Waals surface area contributed by atoms with Gasteiger partial charge in [0, 0.05) is 16.8 Å². The van der Waals surface area contributed by atoms with Crippen molar-refractivity contribution in [2.75, 3.05) is 26.1 Å². The monoisotopic (exact) mass is 477 g/mol. The molecule has 34 heavy (non-hydrogen) atoms. The minimum atomic E-state index is -0.643. The molecule has 0 bridgehead atoms. The highest BCUT2D eigenvalue weighted by molar-refractivity contribution is 7.21. The number of carbonyl (C=O) groups is 2. The molecular formula is C25H23N3O5S. The van der Waals surface area contributed by atoms with Gasteiger partial charge in [0.15, 0.2) is 18.1 Å². The Bertz CT molecular complexity index is 1340. The Labute approximate surface area is 200 Å². The van der Waals surface area contributed by atoms with Gasteiger partial charge in [-0.15, -0.1) is 11.3 Å². The molecule has 1 aromatic heterocycles. The number of hydrogen-bond acceptors (Lipinski definition) is 7. The summed E-state index contributed by atoms with van der Waals surface area (Å²) in [6.07, 6.45) is 0. The minimum Gasteiger partial charge on any atom is -0.493 e. The number of primary amides is 1. The molecule has 0 saturated heterocycles. The van der Waals surface area contributed by atoms with Crippen LogP contribution < -0.4 is 25.3 Å². The maximum atomic E-state index is 12.9. The number of nitrogens with zero attached hydrogens (tertiary/aromatic N) is 1. The van der Waals surface area contributed by atoms with E-state index in [0.29, 0.717) is 11.3 Å². The summed E-state index contributed by atoms with van der Waals surface area (Å²) in [7, 11) is 2.85. The fourth-order valence-electron chi connectivity index (χ4n) is 3.35. The molecule has 4 aromatic rings. The molecule has 0 unspecified atom stereocenters. The number of methoxy groups -OCH3 is 2. The fraction of sp³-hybridized carbons (Fsp3) is 0.160. The summed E-state index contributed by atoms with van der Waals surface area (Å²) in [6.45, 7) is 1.71. The van der Waals surface area contributed by atoms with Crippen LogP contribution in [0.25, 0.3) is 20.8 Å². The van der Waals surface area contributed by atoms with Crippen LogP contribution in [-0.2, 0) is 4.79 Å². The first-order chi connectivity index (χ1) is 16.4. The third-order valence-corrected chi connectivity index (χ3v) is 6.08. The number of anilines is 1. The van der Waals surface area contributed by atoms with Crippen LogP contribution >= 0.6 is 11.3 Å². The molecule has 0 fully saturated rings. The summed E-state index contributed by atoms with van der Waals surface area (Å²) < 4.78 is 17.2. The fourth-order valence-corrected chi connectivity index (χ4v) is 4.42. The zero-order chi connectivity index (χ0) is 24.2. The predicted molar refractivity (Wildman–Crippen MR) is 132 cm³/mol. The lowest BCUT2D eigenvalue weighted by Crippen LogP contribution is -2.20. The first-order valence-corrected chi connectivity index (χ1v) is 11.2. The molecule has 3 aromatic carbocycles. The summed E-state index contributed by atoms with van der Waals surface area (Å²) in [6, 6.07) is 16.7. The van der Waals surface area contributed by atoms with Gasteiger partial charge in [-0.1, -0.05) is 6.07 Å². The number of thiazole rings is 1. The highest BCUT2D eigenvalue weighted by Crippen LogP contribution is 2.39. The predicted octanol–water partition coefficient (Wildman–Crippen LogP) is 4.41. The van der Waals surface area contributed by atoms with Crippen LogP contribution in [0.5, 0.6) is 17.2 Å². The van der Waals surface area contributed by atoms with E-state index in [-0.39, 0.29) is 29.8 Å². The van der Waals surface area contributed by atoms with Crippen LogP contribution in [0.4, 0.5) is 5.69 Å². The summed E-state index contributed by atoms with van der Waals surface area (Å²) in [5, 5.41) is 3.78. The van der Waals surface area contributed by atoms with E-state index in [0.717, 1.165) is 20.8 Å². The lowest BCUT2D eigenvalue weighted by Gasteiger charge is -2.15. The van der Waals surface area contributed by atoms with Crippen LogP contribution in [0.2, 0.25) is 0 Å². The second-order valence-corrected chi connectivity index (χ2v) is 8.52. The van der Waals surface area contributed by atoms with Gasteiger partial charge in [0.05, 0.1) is 24.4 Å². The number of aryl methyl sites for hydroxylation is 1. The zero-order valence-electron chi connectivity index (χ0n) is 18.9. The second-order valence-electron chi connectivity index (χ2n) is 7.49. The largest absolute Gasteiger partial charge is 0.493 e. The minimum absolute atomic E-state index is 0.190. The number of amides is 2. The maximum Gasteiger partial charge on any atom is 0.255 e. The van der Waals surface area contributed by atoms with E-state index in [2.05, 4.69) is 18.3 Å². The molecule has 174 valence electrons. The quantitative estimate of drug-likeness (QED) is 0.389. The van der Waals surface area contributed by atoms with Crippen LogP contribution in [0.15, 0.2) is 54.6 Å². The maximum absolute atomic E-state index is 12.9. The number of ether oxygens (including phenoxy) is 3. The highest BCUT2D eigenvalue weighted by Gasteiger charge is 2.18. The van der Waals surface area contributed by atoms with Crippen molar-refractivity contribution in [2.45, 2.75) is 6.92 Å². The van der Waals surface area contributed by atoms with Crippen molar-refractivity contribution >= 4 is 39.1 Å². The topological polar surface area (TPSA) is 113 Å². The van der Waals surface area contributed by atoms with Crippen LogP contribution in [0.1, 0.15) is 15.9 Å². The van der Waals surface area contributed by atoms with Crippen molar-refractivity contribution in [3.05, 3.63) is 65.7 Å². The molecule has 8 nitrogen and oxygen atoms in total. The molecule has 0 aliphatic heterocycles. The Balaban J connectivity index is 1.53. The number of rotatable bonds is 8. The van der Waals surface area contributed by atoms with Crippen LogP contribution in [0, 0.1) is 6.92 Å². The van der Waals surface area contributed by atoms with Gasteiger partial charge in [0.25, 0.3) is 11.8 Å². The van der Waals surface area contributed by atoms with E-state index < -0.39 is 5.91 Å². The van der Waals surface area contributed by atoms with E-state index in [1.807, 2.05) is 36.4 Å². The van der Waals surface area contributed by atoms with Crippen molar-refractivity contribution in [1.29, 1.82) is 0 Å². The van der Waals surface area contributed by atoms with Crippen LogP contribution in [-0.4, -0.2) is 37.6 Å². The molecule has 0 spiro atoms. The molecule has 0 saturated carbocycles. The first kappa shape index (κ1) is 23.1. The van der Waals surface area contributed by atoms with Crippen molar-refractivity contribution in [1.82, 2.24) is 4.98 Å². The number of nitrogens with two attached hydrogens (primary N) is 1. The van der Waals surface area contributed by atoms with Crippen molar-refractivity contribution < 1.29 is 23.8 Å². The molecule has 4 rings (SSSR count). The molecule has 0 radical (unpaired) electrons. The molecule has 1 heterocycles. The SMILES string of the molecule is COc1cc(C(=O)Nc2ccc(-c3nc4ccc(C)cc4s3)cc2)cc(OC)c1OCC(N)=O. The van der Waals surface area contributed by atoms with E-state index in [4.69, 9.17) is 24.9 Å². The van der Waals surface area contributed by atoms with Gasteiger partial charge in [-0.2, -0.15) is 0 Å². The number of benzene rings is 3. The Kier molecular flexibility index (Phi) is 6.65. The number of nitrogens with one attached hydrogen (secondary N) is 1. The van der Waals surface area contributed by atoms with E-state index >= 15 is 0 Å². The third-order valence-electron chi connectivity index (χ3n) is 5.02. The van der Waals surface area contributed by atoms with Gasteiger partial charge in [0.2, 0.25) is 5.75 Å². The average molecular weight is 478 g/mol. The van der Waals surface area contributed by atoms with Crippen LogP contribution in [0.3, 0.4) is 0 Å². The van der Waals surface area contributed by atoms with Crippen molar-refractivity contribution in [2.24, 2.45) is 5.73 Å². The van der Waals surface area contributed by atoms with Gasteiger partial charge >= 0.3 is 0 Å². The Morgan fingerprint density at radius 1 is 1.00 bits per heavy atom. The van der Waals surface area contributed by atoms with E-state index in [1.165, 1.54) is 31.9 Å². The summed E-state index contributed by atoms with van der Waals surface area (Å²) in [5.74, 6) is -0.327. The normalized spacial score (nSPS) is 10.7. The van der Waals surface area contributed by atoms with Crippen molar-refractivity contribution in [3.63, 3.8) is 0 Å². The zero-order valence-corrected chi connectivity index (χ0v) is 19.7. The van der Waals surface area contributed by atoms with Crippen molar-refractivity contribution in [3.8, 4) is 27.8 Å². The highest BCUT2D eigenvalue weighted by atomic mass is 32.1. The first-order valence-electron chi connectivity index (χ1n) is 10.3. The Morgan fingerprint density at radius 3 is 2.29 bits per heavy atom. The van der Waals surface area contributed by atoms with E-state index in [1.54, 1.807) is 11.3 Å². The Morgan fingerprint density at radius 2 is 1.68 bits per heavy atom. The molecule has 2 amide bonds. The number of fused-ring (bicyclic) bond motifs is 1. The van der Waals surface area contributed by atoms with Gasteiger partial charge in [-0.25, -0.2) is 4.98 Å². The molecule has 0 atom stereocenters. The molecule has 0 aliphatic carbocycles. The molecule has 0 aliphatic rings. The lowest BCUT2D eigenvalue weighted by molar-refractivity contribution is -0.120. The summed E-state index contributed by atoms with van der Waals surface area (Å²) in [5.41, 5.74) is 9.20. The standard InChI is InChI=1S/C25H23N3O5S/c1-14-4-9-18-21(10-14)34-25(28-18)15-5-7-17(8-6-15)27-24(30)16-11-19(31-2)23(20(12-16)32-3)33-13-22(26)29/h4-12H,13H2,1-3H3,(H2,26,29)(H,27,30). The summed E-state index contributed by atoms with van der Waals surface area (Å²) >= 11 is 1.63. The van der Waals surface area contributed by atoms with Gasteiger partial charge in [-0.3, -0.25) is 9.59 Å². The summed E-state index contributed by atoms with van der Waals surface area (Å²) in [4.78, 5) is 28.7. The number of aromatic nitrogens is 1. The van der Waals surface area contributed by atoms with Gasteiger partial charge < -0.3 is 25.3 Å². The number of hydrogen-bond donors (Lipinski definition) is 2. The number of carbonyl (C=O) groups excluding carboxylic acids is 2. The average Bonchev–Trinajstić information content (AvgIpc) is 3.25. The molecular weight excluding hydrogens is 454 g/mol. The molecule has 9 heteroatoms. The van der Waals surface area contributed by atoms with E-state index in [9.17, 15) is 9.59 Å².